The van der Waals surface area contributed by atoms with E-state index in [1.165, 1.54) is 37.3 Å². The molecule has 2 aliphatic rings. The Hall–Kier alpha value is -3.07. The van der Waals surface area contributed by atoms with Gasteiger partial charge in [0, 0.05) is 30.4 Å². The molecule has 0 spiro atoms. The molecular formula is C21H22N2O6S. The van der Waals surface area contributed by atoms with Crippen molar-refractivity contribution in [2.24, 2.45) is 0 Å². The molecule has 0 aliphatic carbocycles. The summed E-state index contributed by atoms with van der Waals surface area (Å²) in [6.45, 7) is 2.92. The summed E-state index contributed by atoms with van der Waals surface area (Å²) >= 11 is 0. The van der Waals surface area contributed by atoms with Crippen molar-refractivity contribution in [2.45, 2.75) is 30.8 Å². The minimum Gasteiger partial charge on any atom is -0.485 e. The Balaban J connectivity index is 1.48. The van der Waals surface area contributed by atoms with Gasteiger partial charge in [0.15, 0.2) is 17.3 Å². The SMILES string of the molecule is CC(=O)c1ccc(NS(=O)(=O)c2ccc3c(c2)OC[C@@H](C(=O)N2CCCC2)O3)cc1. The van der Waals surface area contributed by atoms with Gasteiger partial charge in [0.1, 0.15) is 6.61 Å². The van der Waals surface area contributed by atoms with Crippen LogP contribution in [-0.2, 0) is 14.8 Å². The zero-order chi connectivity index (χ0) is 21.3. The predicted octanol–water partition coefficient (Wildman–Crippen LogP) is 2.45. The molecule has 30 heavy (non-hydrogen) atoms. The standard InChI is InChI=1S/C21H22N2O6S/c1-14(24)15-4-6-16(7-5-15)22-30(26,27)17-8-9-18-19(12-17)28-13-20(29-18)21(25)23-10-2-3-11-23/h4-9,12,20,22H,2-3,10-11,13H2,1H3/t20-/m0/s1. The summed E-state index contributed by atoms with van der Waals surface area (Å²) in [5.41, 5.74) is 0.835. The van der Waals surface area contributed by atoms with Crippen LogP contribution >= 0.6 is 0 Å². The van der Waals surface area contributed by atoms with Crippen molar-refractivity contribution in [3.05, 3.63) is 48.0 Å². The number of hydrogen-bond donors (Lipinski definition) is 1. The van der Waals surface area contributed by atoms with Gasteiger partial charge in [-0.2, -0.15) is 0 Å². The van der Waals surface area contributed by atoms with Gasteiger partial charge in [-0.15, -0.1) is 0 Å². The molecule has 0 bridgehead atoms. The van der Waals surface area contributed by atoms with Crippen LogP contribution in [0, 0.1) is 0 Å². The number of Topliss-reactive ketones (excluding diaryl/α,β-unsaturated/α-hetero) is 1. The number of nitrogens with one attached hydrogen (secondary N) is 1. The maximum Gasteiger partial charge on any atom is 0.267 e. The van der Waals surface area contributed by atoms with Crippen LogP contribution in [0.5, 0.6) is 11.5 Å². The first kappa shape index (κ1) is 20.2. The third kappa shape index (κ3) is 4.11. The van der Waals surface area contributed by atoms with E-state index in [1.807, 2.05) is 0 Å². The number of hydrogen-bond acceptors (Lipinski definition) is 6. The largest absolute Gasteiger partial charge is 0.485 e. The van der Waals surface area contributed by atoms with E-state index < -0.39 is 16.1 Å². The monoisotopic (exact) mass is 430 g/mol. The number of sulfonamides is 1. The molecule has 2 aromatic rings. The highest BCUT2D eigenvalue weighted by molar-refractivity contribution is 7.92. The third-order valence-corrected chi connectivity index (χ3v) is 6.50. The number of carbonyl (C=O) groups excluding carboxylic acids is 2. The first-order chi connectivity index (χ1) is 14.3. The number of ketones is 1. The van der Waals surface area contributed by atoms with Gasteiger partial charge in [-0.05, 0) is 56.2 Å². The molecule has 1 N–H and O–H groups in total. The highest BCUT2D eigenvalue weighted by Crippen LogP contribution is 2.35. The lowest BCUT2D eigenvalue weighted by molar-refractivity contribution is -0.140. The Morgan fingerprint density at radius 2 is 1.73 bits per heavy atom. The highest BCUT2D eigenvalue weighted by Gasteiger charge is 2.33. The number of amides is 1. The quantitative estimate of drug-likeness (QED) is 0.731. The van der Waals surface area contributed by atoms with Crippen LogP contribution in [0.25, 0.3) is 0 Å². The molecule has 0 saturated carbocycles. The van der Waals surface area contributed by atoms with Crippen LogP contribution in [0.2, 0.25) is 0 Å². The number of rotatable bonds is 5. The van der Waals surface area contributed by atoms with E-state index in [-0.39, 0.29) is 28.9 Å². The van der Waals surface area contributed by atoms with Gasteiger partial charge in [0.2, 0.25) is 6.10 Å². The lowest BCUT2D eigenvalue weighted by Gasteiger charge is -2.28. The van der Waals surface area contributed by atoms with E-state index in [9.17, 15) is 18.0 Å². The molecule has 1 saturated heterocycles. The minimum absolute atomic E-state index is 0.00446. The van der Waals surface area contributed by atoms with Crippen molar-refractivity contribution in [2.75, 3.05) is 24.4 Å². The molecule has 0 aromatic heterocycles. The summed E-state index contributed by atoms with van der Waals surface area (Å²) in [6.07, 6.45) is 1.25. The van der Waals surface area contributed by atoms with Gasteiger partial charge < -0.3 is 14.4 Å². The fourth-order valence-electron chi connectivity index (χ4n) is 3.47. The Bertz CT molecular complexity index is 1080. The second-order valence-corrected chi connectivity index (χ2v) is 8.98. The molecule has 4 rings (SSSR count). The van der Waals surface area contributed by atoms with Crippen LogP contribution in [0.4, 0.5) is 5.69 Å². The molecule has 0 radical (unpaired) electrons. The molecule has 1 amide bonds. The molecule has 0 unspecified atom stereocenters. The van der Waals surface area contributed by atoms with Crippen LogP contribution in [-0.4, -0.2) is 50.8 Å². The predicted molar refractivity (Wildman–Crippen MR) is 109 cm³/mol. The van der Waals surface area contributed by atoms with Gasteiger partial charge in [-0.3, -0.25) is 14.3 Å². The number of likely N-dealkylation sites (tertiary alicyclic amines) is 1. The summed E-state index contributed by atoms with van der Waals surface area (Å²) in [7, 11) is -3.87. The summed E-state index contributed by atoms with van der Waals surface area (Å²) < 4.78 is 39.3. The Kier molecular flexibility index (Phi) is 5.38. The zero-order valence-corrected chi connectivity index (χ0v) is 17.3. The van der Waals surface area contributed by atoms with Crippen LogP contribution in [0.3, 0.4) is 0 Å². The lowest BCUT2D eigenvalue weighted by Crippen LogP contribution is -2.45. The van der Waals surface area contributed by atoms with Gasteiger partial charge in [0.05, 0.1) is 4.90 Å². The van der Waals surface area contributed by atoms with Crippen molar-refractivity contribution >= 4 is 27.4 Å². The highest BCUT2D eigenvalue weighted by atomic mass is 32.2. The Morgan fingerprint density at radius 3 is 2.40 bits per heavy atom. The molecule has 2 aliphatic heterocycles. The Labute approximate surface area is 174 Å². The van der Waals surface area contributed by atoms with Crippen molar-refractivity contribution < 1.29 is 27.5 Å². The van der Waals surface area contributed by atoms with E-state index in [4.69, 9.17) is 9.47 Å². The van der Waals surface area contributed by atoms with Crippen molar-refractivity contribution in [3.63, 3.8) is 0 Å². The van der Waals surface area contributed by atoms with Gasteiger partial charge in [-0.1, -0.05) is 0 Å². The van der Waals surface area contributed by atoms with Crippen LogP contribution in [0.15, 0.2) is 47.4 Å². The number of carbonyl (C=O) groups is 2. The average Bonchev–Trinajstić information content (AvgIpc) is 3.27. The second kappa shape index (κ2) is 7.98. The third-order valence-electron chi connectivity index (χ3n) is 5.12. The van der Waals surface area contributed by atoms with Gasteiger partial charge in [0.25, 0.3) is 15.9 Å². The fraction of sp³-hybridized carbons (Fsp3) is 0.333. The molecule has 1 fully saturated rings. The number of anilines is 1. The van der Waals surface area contributed by atoms with Crippen molar-refractivity contribution in [1.29, 1.82) is 0 Å². The van der Waals surface area contributed by atoms with Crippen molar-refractivity contribution in [1.82, 2.24) is 4.90 Å². The maximum atomic E-state index is 12.7. The summed E-state index contributed by atoms with van der Waals surface area (Å²) in [4.78, 5) is 25.6. The summed E-state index contributed by atoms with van der Waals surface area (Å²) in [5, 5.41) is 0. The lowest BCUT2D eigenvalue weighted by atomic mass is 10.1. The second-order valence-electron chi connectivity index (χ2n) is 7.30. The molecule has 2 heterocycles. The van der Waals surface area contributed by atoms with Gasteiger partial charge in [-0.25, -0.2) is 8.42 Å². The van der Waals surface area contributed by atoms with E-state index >= 15 is 0 Å². The van der Waals surface area contributed by atoms with E-state index in [1.54, 1.807) is 17.0 Å². The molecule has 9 heteroatoms. The smallest absolute Gasteiger partial charge is 0.267 e. The maximum absolute atomic E-state index is 12.7. The number of fused-ring (bicyclic) bond motifs is 1. The zero-order valence-electron chi connectivity index (χ0n) is 16.5. The molecule has 2 aromatic carbocycles. The number of ether oxygens (including phenoxy) is 2. The van der Waals surface area contributed by atoms with Gasteiger partial charge >= 0.3 is 0 Å². The normalized spacial score (nSPS) is 18.2. The van der Waals surface area contributed by atoms with E-state index in [2.05, 4.69) is 4.72 Å². The number of nitrogens with zero attached hydrogens (tertiary/aromatic N) is 1. The fourth-order valence-corrected chi connectivity index (χ4v) is 4.54. The minimum atomic E-state index is -3.87. The first-order valence-corrected chi connectivity index (χ1v) is 11.2. The molecule has 8 nitrogen and oxygen atoms in total. The molecule has 1 atom stereocenters. The average molecular weight is 430 g/mol. The number of benzene rings is 2. The van der Waals surface area contributed by atoms with E-state index in [0.717, 1.165) is 25.9 Å². The van der Waals surface area contributed by atoms with Crippen LogP contribution in [0.1, 0.15) is 30.1 Å². The molecule has 158 valence electrons. The molecular weight excluding hydrogens is 408 g/mol. The Morgan fingerprint density at radius 1 is 1.03 bits per heavy atom. The first-order valence-electron chi connectivity index (χ1n) is 9.69. The summed E-state index contributed by atoms with van der Waals surface area (Å²) in [6, 6.07) is 10.4. The van der Waals surface area contributed by atoms with Crippen molar-refractivity contribution in [3.8, 4) is 11.5 Å². The topological polar surface area (TPSA) is 102 Å². The summed E-state index contributed by atoms with van der Waals surface area (Å²) in [5.74, 6) is 0.405. The van der Waals surface area contributed by atoms with Crippen LogP contribution < -0.4 is 14.2 Å². The van der Waals surface area contributed by atoms with E-state index in [0.29, 0.717) is 17.0 Å².